The molecule has 1 N–H and O–H groups in total. The van der Waals surface area contributed by atoms with Crippen LogP contribution in [0.5, 0.6) is 0 Å². The summed E-state index contributed by atoms with van der Waals surface area (Å²) in [4.78, 5) is 0. The summed E-state index contributed by atoms with van der Waals surface area (Å²) in [7, 11) is 0. The molecule has 0 spiro atoms. The highest BCUT2D eigenvalue weighted by Crippen LogP contribution is 2.67. The Bertz CT molecular complexity index is 682. The molecular weight excluding hydrogens is 364 g/mol. The third kappa shape index (κ3) is 3.76. The topological polar surface area (TPSA) is 20.2 Å². The molecule has 3 saturated carbocycles. The van der Waals surface area contributed by atoms with Crippen molar-refractivity contribution < 1.29 is 5.11 Å². The van der Waals surface area contributed by atoms with Crippen LogP contribution in [0.4, 0.5) is 0 Å². The van der Waals surface area contributed by atoms with Gasteiger partial charge in [0, 0.05) is 6.61 Å². The lowest BCUT2D eigenvalue weighted by molar-refractivity contribution is -0.0498. The van der Waals surface area contributed by atoms with Crippen molar-refractivity contribution >= 4 is 0 Å². The Morgan fingerprint density at radius 2 is 1.87 bits per heavy atom. The highest BCUT2D eigenvalue weighted by atomic mass is 16.2. The van der Waals surface area contributed by atoms with Gasteiger partial charge in [0.1, 0.15) is 0 Å². The van der Waals surface area contributed by atoms with Crippen molar-refractivity contribution in [3.05, 3.63) is 22.8 Å². The fraction of sp³-hybridized carbons (Fsp3) is 0.862. The van der Waals surface area contributed by atoms with Crippen molar-refractivity contribution in [2.45, 2.75) is 112 Å². The largest absolute Gasteiger partial charge is 0.396 e. The Kier molecular flexibility index (Phi) is 6.61. The predicted molar refractivity (Wildman–Crippen MR) is 128 cm³/mol. The zero-order chi connectivity index (χ0) is 21.5. The van der Waals surface area contributed by atoms with Gasteiger partial charge in [0.05, 0.1) is 0 Å². The van der Waals surface area contributed by atoms with E-state index in [4.69, 9.17) is 0 Å². The van der Waals surface area contributed by atoms with E-state index in [-0.39, 0.29) is 0 Å². The molecule has 0 radical (unpaired) electrons. The zero-order valence-electron chi connectivity index (χ0n) is 20.6. The molecule has 7 unspecified atom stereocenters. The average Bonchev–Trinajstić information content (AvgIpc) is 3.07. The quantitative estimate of drug-likeness (QED) is 0.437. The van der Waals surface area contributed by atoms with Crippen molar-refractivity contribution in [2.24, 2.45) is 40.4 Å². The Morgan fingerprint density at radius 3 is 2.60 bits per heavy atom. The molecule has 1 nitrogen and oxygen atoms in total. The summed E-state index contributed by atoms with van der Waals surface area (Å²) in [5.41, 5.74) is 5.88. The van der Waals surface area contributed by atoms with Gasteiger partial charge < -0.3 is 5.11 Å². The molecule has 0 aromatic rings. The number of aliphatic hydroxyl groups excluding tert-OH is 1. The van der Waals surface area contributed by atoms with E-state index in [0.29, 0.717) is 17.4 Å². The molecule has 0 aromatic carbocycles. The lowest BCUT2D eigenvalue weighted by atomic mass is 9.47. The van der Waals surface area contributed by atoms with Gasteiger partial charge in [-0.2, -0.15) is 0 Å². The van der Waals surface area contributed by atoms with Gasteiger partial charge in [0.25, 0.3) is 0 Å². The minimum atomic E-state index is 0.301. The molecule has 170 valence electrons. The van der Waals surface area contributed by atoms with E-state index in [0.717, 1.165) is 36.0 Å². The Morgan fingerprint density at radius 1 is 1.07 bits per heavy atom. The van der Waals surface area contributed by atoms with Crippen molar-refractivity contribution in [3.63, 3.8) is 0 Å². The Hall–Kier alpha value is -0.560. The SMILES string of the molecule is CC(C)=C(CCO)CCC(C)C1CCC2C3CC=C4CCCCC4(C)C3CCC12C. The van der Waals surface area contributed by atoms with Gasteiger partial charge in [0.15, 0.2) is 0 Å². The van der Waals surface area contributed by atoms with E-state index in [2.05, 4.69) is 40.7 Å². The van der Waals surface area contributed by atoms with Crippen LogP contribution < -0.4 is 0 Å². The summed E-state index contributed by atoms with van der Waals surface area (Å²) >= 11 is 0. The van der Waals surface area contributed by atoms with Crippen molar-refractivity contribution in [2.75, 3.05) is 6.61 Å². The van der Waals surface area contributed by atoms with Crippen LogP contribution in [0.25, 0.3) is 0 Å². The van der Waals surface area contributed by atoms with E-state index >= 15 is 0 Å². The first-order valence-electron chi connectivity index (χ1n) is 13.3. The smallest absolute Gasteiger partial charge is 0.0468 e. The maximum absolute atomic E-state index is 9.43. The molecule has 1 heteroatoms. The number of hydrogen-bond acceptors (Lipinski definition) is 1. The number of fused-ring (bicyclic) bond motifs is 5. The highest BCUT2D eigenvalue weighted by molar-refractivity contribution is 5.24. The third-order valence-electron chi connectivity index (χ3n) is 10.8. The summed E-state index contributed by atoms with van der Waals surface area (Å²) in [5, 5.41) is 9.43. The monoisotopic (exact) mass is 412 g/mol. The first-order chi connectivity index (χ1) is 14.3. The summed E-state index contributed by atoms with van der Waals surface area (Å²) < 4.78 is 0. The van der Waals surface area contributed by atoms with E-state index in [1.54, 1.807) is 0 Å². The maximum atomic E-state index is 9.43. The molecule has 4 aliphatic rings. The van der Waals surface area contributed by atoms with Gasteiger partial charge >= 0.3 is 0 Å². The molecule has 0 saturated heterocycles. The van der Waals surface area contributed by atoms with Crippen LogP contribution in [0.3, 0.4) is 0 Å². The van der Waals surface area contributed by atoms with Crippen molar-refractivity contribution in [1.29, 1.82) is 0 Å². The van der Waals surface area contributed by atoms with Crippen molar-refractivity contribution in [1.82, 2.24) is 0 Å². The molecule has 3 fully saturated rings. The van der Waals surface area contributed by atoms with Crippen LogP contribution in [0.1, 0.15) is 112 Å². The molecular formula is C29H48O. The molecule has 7 atom stereocenters. The van der Waals surface area contributed by atoms with Crippen LogP contribution in [0.15, 0.2) is 22.8 Å². The lowest BCUT2D eigenvalue weighted by Gasteiger charge is -2.58. The number of allylic oxidation sites excluding steroid dienone is 3. The van der Waals surface area contributed by atoms with Crippen molar-refractivity contribution in [3.8, 4) is 0 Å². The highest BCUT2D eigenvalue weighted by Gasteiger charge is 2.58. The van der Waals surface area contributed by atoms with Crippen LogP contribution >= 0.6 is 0 Å². The van der Waals surface area contributed by atoms with Gasteiger partial charge in [-0.25, -0.2) is 0 Å². The minimum absolute atomic E-state index is 0.301. The molecule has 0 aromatic heterocycles. The number of aliphatic hydroxyl groups is 1. The van der Waals surface area contributed by atoms with Crippen LogP contribution in [-0.2, 0) is 0 Å². The first-order valence-corrected chi connectivity index (χ1v) is 13.3. The van der Waals surface area contributed by atoms with Gasteiger partial charge in [-0.05, 0) is 125 Å². The lowest BCUT2D eigenvalue weighted by Crippen LogP contribution is -2.50. The molecule has 0 bridgehead atoms. The van der Waals surface area contributed by atoms with Crippen LogP contribution in [0, 0.1) is 40.4 Å². The van der Waals surface area contributed by atoms with Gasteiger partial charge in [0.2, 0.25) is 0 Å². The predicted octanol–water partition coefficient (Wildman–Crippen LogP) is 8.09. The summed E-state index contributed by atoms with van der Waals surface area (Å²) in [6, 6.07) is 0. The second-order valence-electron chi connectivity index (χ2n) is 12.3. The van der Waals surface area contributed by atoms with Gasteiger partial charge in [-0.3, -0.25) is 0 Å². The standard InChI is InChI=1S/C29H48O/c1-20(2)22(16-19-30)10-9-21(3)25-13-14-26-24-12-11-23-8-6-7-17-28(23,4)27(24)15-18-29(25,26)5/h11,21,24-27,30H,6-10,12-19H2,1-5H3. The van der Waals surface area contributed by atoms with Crippen LogP contribution in [0.2, 0.25) is 0 Å². The second kappa shape index (κ2) is 8.76. The fourth-order valence-corrected chi connectivity index (χ4v) is 9.04. The average molecular weight is 413 g/mol. The molecule has 0 aliphatic heterocycles. The van der Waals surface area contributed by atoms with E-state index in [1.165, 1.54) is 81.8 Å². The fourth-order valence-electron chi connectivity index (χ4n) is 9.04. The van der Waals surface area contributed by atoms with E-state index in [9.17, 15) is 5.11 Å². The molecule has 4 aliphatic carbocycles. The maximum Gasteiger partial charge on any atom is 0.0468 e. The van der Waals surface area contributed by atoms with Crippen LogP contribution in [-0.4, -0.2) is 11.7 Å². The van der Waals surface area contributed by atoms with E-state index < -0.39 is 0 Å². The summed E-state index contributed by atoms with van der Waals surface area (Å²) in [5.74, 6) is 4.59. The Labute approximate surface area is 186 Å². The Balaban J connectivity index is 1.47. The number of hydrogen-bond donors (Lipinski definition) is 1. The zero-order valence-corrected chi connectivity index (χ0v) is 20.6. The molecule has 0 heterocycles. The minimum Gasteiger partial charge on any atom is -0.396 e. The normalized spacial score (nSPS) is 41.3. The third-order valence-corrected chi connectivity index (χ3v) is 10.8. The molecule has 4 rings (SSSR count). The molecule has 30 heavy (non-hydrogen) atoms. The summed E-state index contributed by atoms with van der Waals surface area (Å²) in [6.07, 6.45) is 19.1. The number of rotatable bonds is 6. The first kappa shape index (κ1) is 22.6. The van der Waals surface area contributed by atoms with Gasteiger partial charge in [-0.15, -0.1) is 0 Å². The van der Waals surface area contributed by atoms with Gasteiger partial charge in [-0.1, -0.05) is 50.0 Å². The second-order valence-corrected chi connectivity index (χ2v) is 12.3. The van der Waals surface area contributed by atoms with E-state index in [1.807, 2.05) is 5.57 Å². The summed E-state index contributed by atoms with van der Waals surface area (Å²) in [6.45, 7) is 12.6. The molecule has 0 amide bonds.